The topological polar surface area (TPSA) is 55.4 Å². The summed E-state index contributed by atoms with van der Waals surface area (Å²) in [6.45, 7) is 3.69. The maximum absolute atomic E-state index is 12.5. The summed E-state index contributed by atoms with van der Waals surface area (Å²) in [6, 6.07) is 25.6. The van der Waals surface area contributed by atoms with Crippen LogP contribution in [0.15, 0.2) is 78.9 Å². The van der Waals surface area contributed by atoms with Crippen LogP contribution >= 0.6 is 0 Å². The number of esters is 1. The van der Waals surface area contributed by atoms with Gasteiger partial charge in [-0.05, 0) is 35.6 Å². The van der Waals surface area contributed by atoms with Crippen LogP contribution in [0.1, 0.15) is 41.5 Å². The number of carbonyl (C=O) groups excluding carboxylic acids is 2. The Balaban J connectivity index is 1.63. The fraction of sp³-hybridized carbons (Fsp3) is 0.231. The normalized spacial score (nSPS) is 10.6. The Morgan fingerprint density at radius 1 is 0.867 bits per heavy atom. The molecule has 0 spiro atoms. The average molecular weight is 402 g/mol. The van der Waals surface area contributed by atoms with Crippen LogP contribution in [-0.2, 0) is 20.7 Å². The van der Waals surface area contributed by atoms with E-state index in [2.05, 4.69) is 5.32 Å². The Hall–Kier alpha value is -3.40. The molecule has 0 atom stereocenters. The van der Waals surface area contributed by atoms with Crippen molar-refractivity contribution in [3.63, 3.8) is 0 Å². The van der Waals surface area contributed by atoms with Gasteiger partial charge in [-0.25, -0.2) is 0 Å². The second kappa shape index (κ2) is 10.4. The molecule has 0 aromatic heterocycles. The number of carbonyl (C=O) groups is 2. The van der Waals surface area contributed by atoms with E-state index in [4.69, 9.17) is 4.74 Å². The van der Waals surface area contributed by atoms with Crippen LogP contribution in [0.2, 0.25) is 0 Å². The Kier molecular flexibility index (Phi) is 7.39. The van der Waals surface area contributed by atoms with E-state index in [0.29, 0.717) is 0 Å². The van der Waals surface area contributed by atoms with Crippen LogP contribution in [0, 0.1) is 6.92 Å². The van der Waals surface area contributed by atoms with Crippen molar-refractivity contribution in [2.75, 3.05) is 11.9 Å². The van der Waals surface area contributed by atoms with Gasteiger partial charge >= 0.3 is 5.97 Å². The third-order valence-corrected chi connectivity index (χ3v) is 5.14. The van der Waals surface area contributed by atoms with Gasteiger partial charge < -0.3 is 10.1 Å². The highest BCUT2D eigenvalue weighted by atomic mass is 16.5. The van der Waals surface area contributed by atoms with Gasteiger partial charge in [0, 0.05) is 11.6 Å². The molecule has 3 aromatic rings. The molecule has 0 saturated carbocycles. The van der Waals surface area contributed by atoms with Crippen LogP contribution < -0.4 is 5.32 Å². The number of aryl methyl sites for hydroxylation is 2. The van der Waals surface area contributed by atoms with Gasteiger partial charge in [-0.15, -0.1) is 0 Å². The second-order valence-corrected chi connectivity index (χ2v) is 7.25. The Morgan fingerprint density at radius 2 is 1.47 bits per heavy atom. The zero-order valence-electron chi connectivity index (χ0n) is 17.4. The molecule has 0 aliphatic carbocycles. The third kappa shape index (κ3) is 5.57. The van der Waals surface area contributed by atoms with Crippen molar-refractivity contribution < 1.29 is 14.3 Å². The standard InChI is InChI=1S/C26H27NO3/c1-3-20-16-10-11-19(2)26(20)27-24(28)18-30-25(29)17-23(21-12-6-4-7-13-21)22-14-8-5-9-15-22/h4-16,23H,3,17-18H2,1-2H3,(H,27,28). The van der Waals surface area contributed by atoms with Crippen molar-refractivity contribution in [1.29, 1.82) is 0 Å². The molecule has 0 unspecified atom stereocenters. The fourth-order valence-corrected chi connectivity index (χ4v) is 3.55. The van der Waals surface area contributed by atoms with E-state index < -0.39 is 5.97 Å². The second-order valence-electron chi connectivity index (χ2n) is 7.25. The number of rotatable bonds is 8. The molecule has 4 heteroatoms. The molecule has 1 N–H and O–H groups in total. The van der Waals surface area contributed by atoms with Gasteiger partial charge in [-0.3, -0.25) is 9.59 Å². The minimum absolute atomic E-state index is 0.119. The van der Waals surface area contributed by atoms with Crippen LogP contribution in [0.3, 0.4) is 0 Å². The van der Waals surface area contributed by atoms with Gasteiger partial charge in [-0.2, -0.15) is 0 Å². The molecule has 0 fully saturated rings. The molecule has 3 aromatic carbocycles. The number of para-hydroxylation sites is 1. The summed E-state index contributed by atoms with van der Waals surface area (Å²) in [6.07, 6.45) is 0.985. The predicted molar refractivity (Wildman–Crippen MR) is 119 cm³/mol. The molecule has 4 nitrogen and oxygen atoms in total. The zero-order chi connectivity index (χ0) is 21.3. The molecule has 0 radical (unpaired) electrons. The highest BCUT2D eigenvalue weighted by Gasteiger charge is 2.20. The highest BCUT2D eigenvalue weighted by Crippen LogP contribution is 2.28. The van der Waals surface area contributed by atoms with Crippen molar-refractivity contribution in [3.05, 3.63) is 101 Å². The summed E-state index contributed by atoms with van der Waals surface area (Å²) >= 11 is 0. The first-order valence-corrected chi connectivity index (χ1v) is 10.2. The number of ether oxygens (including phenoxy) is 1. The Bertz CT molecular complexity index is 944. The van der Waals surface area contributed by atoms with E-state index in [1.54, 1.807) is 0 Å². The predicted octanol–water partition coefficient (Wildman–Crippen LogP) is 5.26. The maximum atomic E-state index is 12.5. The summed E-state index contributed by atoms with van der Waals surface area (Å²) in [5.41, 5.74) is 4.92. The van der Waals surface area contributed by atoms with Gasteiger partial charge in [0.25, 0.3) is 5.91 Å². The molecule has 3 rings (SSSR count). The monoisotopic (exact) mass is 401 g/mol. The Labute approximate surface area is 177 Å². The molecule has 1 amide bonds. The first kappa shape index (κ1) is 21.3. The number of hydrogen-bond acceptors (Lipinski definition) is 3. The van der Waals surface area contributed by atoms with Crippen molar-refractivity contribution >= 4 is 17.6 Å². The third-order valence-electron chi connectivity index (χ3n) is 5.14. The number of hydrogen-bond donors (Lipinski definition) is 1. The number of amides is 1. The van der Waals surface area contributed by atoms with Crippen molar-refractivity contribution in [1.82, 2.24) is 0 Å². The van der Waals surface area contributed by atoms with Crippen molar-refractivity contribution in [2.45, 2.75) is 32.6 Å². The lowest BCUT2D eigenvalue weighted by molar-refractivity contribution is -0.147. The van der Waals surface area contributed by atoms with Crippen LogP contribution in [0.25, 0.3) is 0 Å². The smallest absolute Gasteiger partial charge is 0.307 e. The van der Waals surface area contributed by atoms with E-state index in [0.717, 1.165) is 34.4 Å². The van der Waals surface area contributed by atoms with E-state index in [9.17, 15) is 9.59 Å². The van der Waals surface area contributed by atoms with Crippen molar-refractivity contribution in [3.8, 4) is 0 Å². The SMILES string of the molecule is CCc1cccc(C)c1NC(=O)COC(=O)CC(c1ccccc1)c1ccccc1. The number of anilines is 1. The van der Waals surface area contributed by atoms with Crippen LogP contribution in [0.4, 0.5) is 5.69 Å². The lowest BCUT2D eigenvalue weighted by Gasteiger charge is -2.17. The minimum atomic E-state index is -0.400. The quantitative estimate of drug-likeness (QED) is 0.524. The van der Waals surface area contributed by atoms with E-state index >= 15 is 0 Å². The maximum Gasteiger partial charge on any atom is 0.307 e. The molecular weight excluding hydrogens is 374 g/mol. The number of nitrogens with one attached hydrogen (secondary N) is 1. The first-order valence-electron chi connectivity index (χ1n) is 10.2. The van der Waals surface area contributed by atoms with E-state index in [-0.39, 0.29) is 24.9 Å². The molecule has 0 heterocycles. The average Bonchev–Trinajstić information content (AvgIpc) is 2.78. The van der Waals surface area contributed by atoms with E-state index in [1.807, 2.05) is 92.7 Å². The molecule has 0 saturated heterocycles. The molecule has 154 valence electrons. The summed E-state index contributed by atoms with van der Waals surface area (Å²) in [7, 11) is 0. The molecule has 30 heavy (non-hydrogen) atoms. The van der Waals surface area contributed by atoms with Crippen LogP contribution in [0.5, 0.6) is 0 Å². The molecule has 0 aliphatic heterocycles. The van der Waals surface area contributed by atoms with Gasteiger partial charge in [0.15, 0.2) is 6.61 Å². The van der Waals surface area contributed by atoms with E-state index in [1.165, 1.54) is 0 Å². The van der Waals surface area contributed by atoms with Gasteiger partial charge in [0.05, 0.1) is 6.42 Å². The minimum Gasteiger partial charge on any atom is -0.456 e. The van der Waals surface area contributed by atoms with Crippen LogP contribution in [-0.4, -0.2) is 18.5 Å². The summed E-state index contributed by atoms with van der Waals surface area (Å²) in [4.78, 5) is 24.9. The fourth-order valence-electron chi connectivity index (χ4n) is 3.55. The molecular formula is C26H27NO3. The summed E-state index contributed by atoms with van der Waals surface area (Å²) in [5.74, 6) is -0.849. The molecule has 0 aliphatic rings. The van der Waals surface area contributed by atoms with Gasteiger partial charge in [0.1, 0.15) is 0 Å². The summed E-state index contributed by atoms with van der Waals surface area (Å²) < 4.78 is 5.31. The largest absolute Gasteiger partial charge is 0.456 e. The highest BCUT2D eigenvalue weighted by molar-refractivity contribution is 5.94. The Morgan fingerprint density at radius 3 is 2.03 bits per heavy atom. The lowest BCUT2D eigenvalue weighted by atomic mass is 9.89. The zero-order valence-corrected chi connectivity index (χ0v) is 17.4. The van der Waals surface area contributed by atoms with Crippen molar-refractivity contribution in [2.24, 2.45) is 0 Å². The first-order chi connectivity index (χ1) is 14.6. The van der Waals surface area contributed by atoms with Gasteiger partial charge in [-0.1, -0.05) is 85.8 Å². The number of benzene rings is 3. The summed E-state index contributed by atoms with van der Waals surface area (Å²) in [5, 5.41) is 2.89. The molecule has 0 bridgehead atoms. The lowest BCUT2D eigenvalue weighted by Crippen LogP contribution is -2.23. The van der Waals surface area contributed by atoms with Gasteiger partial charge in [0.2, 0.25) is 0 Å².